The molecule has 0 bridgehead atoms. The molecule has 1 aromatic carbocycles. The molecule has 3 rings (SSSR count). The maximum Gasteiger partial charge on any atom is 0.194 e. The molecule has 0 aliphatic rings. The van der Waals surface area contributed by atoms with Gasteiger partial charge in [-0.1, -0.05) is 115 Å². The summed E-state index contributed by atoms with van der Waals surface area (Å²) in [5.41, 5.74) is 3.94. The van der Waals surface area contributed by atoms with Crippen LogP contribution in [0.2, 0.25) is 5.02 Å². The topological polar surface area (TPSA) is 46.0 Å². The third-order valence-electron chi connectivity index (χ3n) is 6.09. The second-order valence-electron chi connectivity index (χ2n) is 10.2. The van der Waals surface area contributed by atoms with E-state index in [0.29, 0.717) is 16.5 Å². The number of hydrogen-bond donors (Lipinski definition) is 1. The van der Waals surface area contributed by atoms with Crippen LogP contribution in [0.15, 0.2) is 24.3 Å². The fraction of sp³-hybridized carbons (Fsp3) is 0.630. The first kappa shape index (κ1) is 26.2. The molecule has 182 valence electrons. The average Bonchev–Trinajstić information content (AvgIpc) is 3.34. The average molecular weight is 489 g/mol. The van der Waals surface area contributed by atoms with Gasteiger partial charge in [0.15, 0.2) is 11.5 Å². The lowest BCUT2D eigenvalue weighted by molar-refractivity contribution is 0.557. The molecule has 6 heteroatoms. The number of benzene rings is 1. The van der Waals surface area contributed by atoms with Crippen molar-refractivity contribution in [1.82, 2.24) is 19.8 Å². The van der Waals surface area contributed by atoms with E-state index in [4.69, 9.17) is 16.6 Å². The number of halogens is 1. The van der Waals surface area contributed by atoms with Gasteiger partial charge in [-0.05, 0) is 23.8 Å². The van der Waals surface area contributed by atoms with Crippen molar-refractivity contribution in [1.29, 1.82) is 0 Å². The van der Waals surface area contributed by atoms with Gasteiger partial charge in [0.25, 0.3) is 0 Å². The molecule has 0 unspecified atom stereocenters. The van der Waals surface area contributed by atoms with Crippen molar-refractivity contribution in [3.05, 3.63) is 40.5 Å². The molecule has 3 aromatic rings. The van der Waals surface area contributed by atoms with Crippen LogP contribution >= 0.6 is 23.4 Å². The van der Waals surface area contributed by atoms with Gasteiger partial charge in [-0.3, -0.25) is 5.10 Å². The predicted molar refractivity (Wildman–Crippen MR) is 144 cm³/mol. The Bertz CT molecular complexity index is 986. The van der Waals surface area contributed by atoms with Crippen molar-refractivity contribution < 1.29 is 0 Å². The second-order valence-corrected chi connectivity index (χ2v) is 11.6. The number of fused-ring (bicyclic) bond motifs is 1. The highest BCUT2D eigenvalue weighted by Crippen LogP contribution is 2.32. The third-order valence-corrected chi connectivity index (χ3v) is 7.56. The van der Waals surface area contributed by atoms with Crippen LogP contribution in [0, 0.1) is 0 Å². The quantitative estimate of drug-likeness (QED) is 0.230. The van der Waals surface area contributed by atoms with E-state index in [9.17, 15) is 0 Å². The summed E-state index contributed by atoms with van der Waals surface area (Å²) < 4.78 is 1.70. The highest BCUT2D eigenvalue weighted by Gasteiger charge is 2.24. The first-order valence-corrected chi connectivity index (χ1v) is 14.2. The number of hydrogen-bond acceptors (Lipinski definition) is 3. The number of aromatic amines is 1. The van der Waals surface area contributed by atoms with Crippen molar-refractivity contribution >= 4 is 29.0 Å². The Morgan fingerprint density at radius 3 is 2.27 bits per heavy atom. The summed E-state index contributed by atoms with van der Waals surface area (Å²) in [6.07, 6.45) is 13.9. The van der Waals surface area contributed by atoms with Crippen molar-refractivity contribution in [2.24, 2.45) is 0 Å². The molecule has 0 amide bonds. The van der Waals surface area contributed by atoms with Gasteiger partial charge in [0.1, 0.15) is 5.02 Å². The zero-order valence-electron chi connectivity index (χ0n) is 20.9. The summed E-state index contributed by atoms with van der Waals surface area (Å²) in [7, 11) is 0. The molecule has 33 heavy (non-hydrogen) atoms. The monoisotopic (exact) mass is 488 g/mol. The van der Waals surface area contributed by atoms with Gasteiger partial charge in [-0.25, -0.2) is 4.98 Å². The normalized spacial score (nSPS) is 12.2. The molecule has 0 saturated carbocycles. The van der Waals surface area contributed by atoms with Crippen LogP contribution in [0.25, 0.3) is 17.0 Å². The number of aromatic nitrogens is 4. The van der Waals surface area contributed by atoms with E-state index in [2.05, 4.69) is 62.2 Å². The minimum Gasteiger partial charge on any atom is -0.278 e. The van der Waals surface area contributed by atoms with Crippen molar-refractivity contribution in [3.8, 4) is 11.4 Å². The van der Waals surface area contributed by atoms with Crippen LogP contribution in [0.1, 0.15) is 103 Å². The molecule has 0 aliphatic carbocycles. The molecule has 2 heterocycles. The van der Waals surface area contributed by atoms with Gasteiger partial charge in [-0.15, -0.1) is 5.10 Å². The highest BCUT2D eigenvalue weighted by molar-refractivity contribution is 7.98. The van der Waals surface area contributed by atoms with Crippen LogP contribution in [0.5, 0.6) is 0 Å². The molecule has 0 saturated heterocycles. The maximum atomic E-state index is 6.58. The first-order valence-electron chi connectivity index (χ1n) is 12.7. The van der Waals surface area contributed by atoms with E-state index < -0.39 is 0 Å². The predicted octanol–water partition coefficient (Wildman–Crippen LogP) is 8.83. The van der Waals surface area contributed by atoms with Gasteiger partial charge in [0.05, 0.1) is 5.69 Å². The lowest BCUT2D eigenvalue weighted by Gasteiger charge is -2.16. The zero-order valence-corrected chi connectivity index (χ0v) is 22.5. The van der Waals surface area contributed by atoms with Crippen molar-refractivity contribution in [3.63, 3.8) is 0 Å². The van der Waals surface area contributed by atoms with Crippen LogP contribution < -0.4 is 0 Å². The Hall–Kier alpha value is -1.46. The molecule has 0 radical (unpaired) electrons. The fourth-order valence-corrected chi connectivity index (χ4v) is 5.52. The standard InChI is InChI=1S/C27H41ClN4S/c1-5-6-7-8-9-10-11-12-13-14-18-33-20-21-16-15-17-22(19-21)25-29-26-23(28)24(27(2,3)4)30-32(26)31-25/h15-17,19,30H,5-14,18,20H2,1-4H3. The molecule has 0 aliphatic heterocycles. The van der Waals surface area contributed by atoms with Gasteiger partial charge in [0.2, 0.25) is 0 Å². The Kier molecular flexibility index (Phi) is 10.2. The van der Waals surface area contributed by atoms with E-state index in [1.54, 1.807) is 4.63 Å². The fourth-order valence-electron chi connectivity index (χ4n) is 4.10. The summed E-state index contributed by atoms with van der Waals surface area (Å²) in [6.45, 7) is 8.66. The summed E-state index contributed by atoms with van der Waals surface area (Å²) in [5.74, 6) is 2.98. The van der Waals surface area contributed by atoms with Crippen LogP contribution in [0.4, 0.5) is 0 Å². The number of H-pyrrole nitrogens is 1. The van der Waals surface area contributed by atoms with Gasteiger partial charge in [-0.2, -0.15) is 16.4 Å². The molecule has 0 spiro atoms. The van der Waals surface area contributed by atoms with Crippen LogP contribution in [-0.2, 0) is 11.2 Å². The smallest absolute Gasteiger partial charge is 0.194 e. The minimum atomic E-state index is -0.0784. The number of unbranched alkanes of at least 4 members (excludes halogenated alkanes) is 9. The number of nitrogens with one attached hydrogen (secondary N) is 1. The van der Waals surface area contributed by atoms with E-state index in [-0.39, 0.29) is 5.41 Å². The lowest BCUT2D eigenvalue weighted by Crippen LogP contribution is -2.12. The first-order chi connectivity index (χ1) is 15.9. The Morgan fingerprint density at radius 2 is 1.64 bits per heavy atom. The molecule has 0 fully saturated rings. The van der Waals surface area contributed by atoms with Crippen molar-refractivity contribution in [2.45, 2.75) is 103 Å². The summed E-state index contributed by atoms with van der Waals surface area (Å²) in [5, 5.41) is 8.59. The summed E-state index contributed by atoms with van der Waals surface area (Å²) in [4.78, 5) is 4.71. The number of rotatable bonds is 14. The summed E-state index contributed by atoms with van der Waals surface area (Å²) in [6, 6.07) is 8.58. The molecular weight excluding hydrogens is 448 g/mol. The van der Waals surface area contributed by atoms with E-state index in [1.807, 2.05) is 11.8 Å². The Labute approximate surface area is 209 Å². The van der Waals surface area contributed by atoms with E-state index in [0.717, 1.165) is 17.0 Å². The Morgan fingerprint density at radius 1 is 0.970 bits per heavy atom. The minimum absolute atomic E-state index is 0.0784. The van der Waals surface area contributed by atoms with E-state index in [1.165, 1.54) is 75.5 Å². The number of thioether (sulfide) groups is 1. The molecule has 2 aromatic heterocycles. The zero-order chi connectivity index (χ0) is 23.7. The second kappa shape index (κ2) is 12.9. The van der Waals surface area contributed by atoms with E-state index >= 15 is 0 Å². The largest absolute Gasteiger partial charge is 0.278 e. The maximum absolute atomic E-state index is 6.58. The molecule has 0 atom stereocenters. The van der Waals surface area contributed by atoms with Crippen molar-refractivity contribution in [2.75, 3.05) is 5.75 Å². The molecular formula is C27H41ClN4S. The van der Waals surface area contributed by atoms with Crippen LogP contribution in [-0.4, -0.2) is 25.6 Å². The van der Waals surface area contributed by atoms with Gasteiger partial charge < -0.3 is 0 Å². The number of nitrogens with zero attached hydrogens (tertiary/aromatic N) is 3. The van der Waals surface area contributed by atoms with Gasteiger partial charge in [0, 0.05) is 16.7 Å². The van der Waals surface area contributed by atoms with Gasteiger partial charge >= 0.3 is 0 Å². The third kappa shape index (κ3) is 7.78. The highest BCUT2D eigenvalue weighted by atomic mass is 35.5. The molecule has 4 nitrogen and oxygen atoms in total. The summed E-state index contributed by atoms with van der Waals surface area (Å²) >= 11 is 8.61. The SMILES string of the molecule is CCCCCCCCCCCCSCc1cccc(-c2nc3c(Cl)c(C(C)(C)C)[nH]n3n2)c1. The lowest BCUT2D eigenvalue weighted by atomic mass is 9.92. The Balaban J connectivity index is 1.41. The van der Waals surface area contributed by atoms with Crippen LogP contribution in [0.3, 0.4) is 0 Å². The molecule has 1 N–H and O–H groups in total.